The summed E-state index contributed by atoms with van der Waals surface area (Å²) in [4.78, 5) is 37.0. The lowest BCUT2D eigenvalue weighted by Gasteiger charge is -2.16. The molecule has 0 bridgehead atoms. The predicted molar refractivity (Wildman–Crippen MR) is 115 cm³/mol. The molecule has 0 aliphatic heterocycles. The zero-order valence-corrected chi connectivity index (χ0v) is 18.2. The molecule has 0 radical (unpaired) electrons. The van der Waals surface area contributed by atoms with Gasteiger partial charge in [0.05, 0.1) is 5.00 Å². The Morgan fingerprint density at radius 1 is 1.20 bits per heavy atom. The highest BCUT2D eigenvalue weighted by Crippen LogP contribution is 2.30. The summed E-state index contributed by atoms with van der Waals surface area (Å²) in [5.74, 6) is -0.686. The molecule has 0 saturated heterocycles. The van der Waals surface area contributed by atoms with Gasteiger partial charge in [-0.05, 0) is 37.6 Å². The van der Waals surface area contributed by atoms with Gasteiger partial charge >= 0.3 is 11.6 Å². The average Bonchev–Trinajstić information content (AvgIpc) is 3.02. The number of hydrogen-bond acceptors (Lipinski definition) is 7. The number of phenolic OH excluding ortho intramolecular Hbond substituents is 1. The van der Waals surface area contributed by atoms with Crippen LogP contribution in [-0.4, -0.2) is 17.0 Å². The first-order valence-electron chi connectivity index (χ1n) is 9.31. The molecule has 2 aromatic heterocycles. The zero-order chi connectivity index (χ0) is 22.2. The van der Waals surface area contributed by atoms with E-state index in [9.17, 15) is 19.5 Å². The van der Waals surface area contributed by atoms with Gasteiger partial charge in [0, 0.05) is 28.0 Å². The normalized spacial score (nSPS) is 11.5. The van der Waals surface area contributed by atoms with Gasteiger partial charge in [-0.2, -0.15) is 0 Å². The van der Waals surface area contributed by atoms with Crippen LogP contribution in [0.25, 0.3) is 11.0 Å². The third-order valence-electron chi connectivity index (χ3n) is 4.60. The Balaban J connectivity index is 1.81. The molecule has 0 aliphatic carbocycles. The standard InChI is InChI=1S/C22H23NO6S/c1-11-8-16(23-21(27)22(3,4)5)30-19(11)20(26)28-10-13-9-17(25)29-18-12(2)15(24)7-6-14(13)18/h6-9,24H,10H2,1-5H3,(H,23,27). The lowest BCUT2D eigenvalue weighted by molar-refractivity contribution is -0.123. The van der Waals surface area contributed by atoms with Crippen molar-refractivity contribution in [1.82, 2.24) is 0 Å². The smallest absolute Gasteiger partial charge is 0.348 e. The van der Waals surface area contributed by atoms with Gasteiger partial charge in [0.2, 0.25) is 5.91 Å². The van der Waals surface area contributed by atoms with E-state index in [1.807, 2.05) is 0 Å². The summed E-state index contributed by atoms with van der Waals surface area (Å²) in [5.41, 5.74) is 0.710. The number of carbonyl (C=O) groups excluding carboxylic acids is 2. The third-order valence-corrected chi connectivity index (χ3v) is 5.73. The summed E-state index contributed by atoms with van der Waals surface area (Å²) in [7, 11) is 0. The molecular weight excluding hydrogens is 406 g/mol. The molecule has 3 rings (SSSR count). The SMILES string of the molecule is Cc1cc(NC(=O)C(C)(C)C)sc1C(=O)OCc1cc(=O)oc2c(C)c(O)ccc12. The summed E-state index contributed by atoms with van der Waals surface area (Å²) in [6.45, 7) is 8.68. The van der Waals surface area contributed by atoms with Crippen molar-refractivity contribution in [3.05, 3.63) is 56.3 Å². The van der Waals surface area contributed by atoms with Gasteiger partial charge in [-0.25, -0.2) is 9.59 Å². The topological polar surface area (TPSA) is 106 Å². The summed E-state index contributed by atoms with van der Waals surface area (Å²) >= 11 is 1.14. The highest BCUT2D eigenvalue weighted by atomic mass is 32.1. The molecule has 1 aromatic carbocycles. The number of amides is 1. The Kier molecular flexibility index (Phi) is 5.72. The highest BCUT2D eigenvalue weighted by Gasteiger charge is 2.23. The first-order valence-corrected chi connectivity index (χ1v) is 10.1. The van der Waals surface area contributed by atoms with Crippen LogP contribution in [0.1, 0.15) is 47.1 Å². The molecule has 0 atom stereocenters. The highest BCUT2D eigenvalue weighted by molar-refractivity contribution is 7.18. The Morgan fingerprint density at radius 3 is 2.57 bits per heavy atom. The van der Waals surface area contributed by atoms with E-state index in [0.29, 0.717) is 32.0 Å². The van der Waals surface area contributed by atoms with E-state index in [2.05, 4.69) is 5.32 Å². The summed E-state index contributed by atoms with van der Waals surface area (Å²) in [6, 6.07) is 6.10. The molecule has 2 heterocycles. The minimum absolute atomic E-state index is 0.0128. The Labute approximate surface area is 177 Å². The summed E-state index contributed by atoms with van der Waals surface area (Å²) in [5, 5.41) is 13.8. The molecule has 8 heteroatoms. The van der Waals surface area contributed by atoms with E-state index in [-0.39, 0.29) is 23.8 Å². The lowest BCUT2D eigenvalue weighted by Crippen LogP contribution is -2.27. The van der Waals surface area contributed by atoms with Gasteiger partial charge < -0.3 is 19.6 Å². The third kappa shape index (κ3) is 4.38. The second kappa shape index (κ2) is 7.95. The number of ether oxygens (including phenoxy) is 1. The lowest BCUT2D eigenvalue weighted by atomic mass is 9.96. The van der Waals surface area contributed by atoms with Gasteiger partial charge in [-0.15, -0.1) is 11.3 Å². The quantitative estimate of drug-likeness (QED) is 0.467. The average molecular weight is 429 g/mol. The van der Waals surface area contributed by atoms with Crippen LogP contribution in [0.4, 0.5) is 5.00 Å². The van der Waals surface area contributed by atoms with E-state index in [4.69, 9.17) is 9.15 Å². The zero-order valence-electron chi connectivity index (χ0n) is 17.4. The van der Waals surface area contributed by atoms with Crippen LogP contribution < -0.4 is 10.9 Å². The molecule has 0 fully saturated rings. The van der Waals surface area contributed by atoms with Crippen LogP contribution in [0, 0.1) is 19.3 Å². The van der Waals surface area contributed by atoms with E-state index < -0.39 is 17.0 Å². The van der Waals surface area contributed by atoms with E-state index in [1.165, 1.54) is 12.1 Å². The molecular formula is C22H23NO6S. The van der Waals surface area contributed by atoms with E-state index in [0.717, 1.165) is 11.3 Å². The number of aromatic hydroxyl groups is 1. The molecule has 1 amide bonds. The Hall–Kier alpha value is -3.13. The Bertz CT molecular complexity index is 1200. The van der Waals surface area contributed by atoms with Crippen molar-refractivity contribution in [2.24, 2.45) is 5.41 Å². The number of fused-ring (bicyclic) bond motifs is 1. The summed E-state index contributed by atoms with van der Waals surface area (Å²) < 4.78 is 10.6. The number of aryl methyl sites for hydroxylation is 2. The van der Waals surface area contributed by atoms with Crippen LogP contribution in [0.3, 0.4) is 0 Å². The number of benzene rings is 1. The van der Waals surface area contributed by atoms with E-state index >= 15 is 0 Å². The number of rotatable bonds is 4. The van der Waals surface area contributed by atoms with Crippen molar-refractivity contribution >= 4 is 39.2 Å². The molecule has 2 N–H and O–H groups in total. The number of phenols is 1. The van der Waals surface area contributed by atoms with Crippen molar-refractivity contribution in [2.75, 3.05) is 5.32 Å². The maximum atomic E-state index is 12.6. The van der Waals surface area contributed by atoms with Gasteiger partial charge in [0.15, 0.2) is 0 Å². The van der Waals surface area contributed by atoms with Crippen molar-refractivity contribution in [2.45, 2.75) is 41.2 Å². The number of hydrogen-bond donors (Lipinski definition) is 2. The minimum atomic E-state index is -0.596. The molecule has 0 saturated carbocycles. The first-order chi connectivity index (χ1) is 14.0. The maximum absolute atomic E-state index is 12.6. The number of thiophene rings is 1. The molecule has 7 nitrogen and oxygen atoms in total. The fourth-order valence-electron chi connectivity index (χ4n) is 2.79. The van der Waals surface area contributed by atoms with Crippen molar-refractivity contribution in [3.8, 4) is 5.75 Å². The van der Waals surface area contributed by atoms with Crippen molar-refractivity contribution < 1.29 is 23.8 Å². The van der Waals surface area contributed by atoms with Crippen LogP contribution >= 0.6 is 11.3 Å². The number of nitrogens with one attached hydrogen (secondary N) is 1. The van der Waals surface area contributed by atoms with Crippen LogP contribution in [0.2, 0.25) is 0 Å². The largest absolute Gasteiger partial charge is 0.508 e. The first kappa shape index (κ1) is 21.6. The van der Waals surface area contributed by atoms with Crippen LogP contribution in [0.15, 0.2) is 33.5 Å². The van der Waals surface area contributed by atoms with Crippen LogP contribution in [-0.2, 0) is 16.1 Å². The van der Waals surface area contributed by atoms with Crippen molar-refractivity contribution in [3.63, 3.8) is 0 Å². The van der Waals surface area contributed by atoms with Crippen LogP contribution in [0.5, 0.6) is 5.75 Å². The van der Waals surface area contributed by atoms with Gasteiger partial charge in [-0.1, -0.05) is 20.8 Å². The molecule has 0 aliphatic rings. The number of anilines is 1. The Morgan fingerprint density at radius 2 is 1.90 bits per heavy atom. The molecule has 3 aromatic rings. The van der Waals surface area contributed by atoms with Gasteiger partial charge in [-0.3, -0.25) is 4.79 Å². The van der Waals surface area contributed by atoms with Crippen molar-refractivity contribution in [1.29, 1.82) is 0 Å². The molecule has 30 heavy (non-hydrogen) atoms. The number of esters is 1. The monoisotopic (exact) mass is 429 g/mol. The van der Waals surface area contributed by atoms with Gasteiger partial charge in [0.25, 0.3) is 0 Å². The molecule has 0 spiro atoms. The molecule has 0 unspecified atom stereocenters. The predicted octanol–water partition coefficient (Wildman–Crippen LogP) is 4.52. The fraction of sp³-hybridized carbons (Fsp3) is 0.318. The van der Waals surface area contributed by atoms with Gasteiger partial charge in [0.1, 0.15) is 22.8 Å². The second-order valence-electron chi connectivity index (χ2n) is 8.08. The fourth-order valence-corrected chi connectivity index (χ4v) is 3.75. The molecule has 158 valence electrons. The minimum Gasteiger partial charge on any atom is -0.508 e. The number of carbonyl (C=O) groups is 2. The van der Waals surface area contributed by atoms with E-state index in [1.54, 1.807) is 46.8 Å². The maximum Gasteiger partial charge on any atom is 0.348 e. The second-order valence-corrected chi connectivity index (χ2v) is 9.13. The summed E-state index contributed by atoms with van der Waals surface area (Å²) in [6.07, 6.45) is 0.